The van der Waals surface area contributed by atoms with Crippen LogP contribution < -0.4 is 0 Å². The van der Waals surface area contributed by atoms with Crippen molar-refractivity contribution in [2.45, 2.75) is 31.4 Å². The lowest BCUT2D eigenvalue weighted by molar-refractivity contribution is -0.128. The molecule has 1 aromatic heterocycles. The predicted molar refractivity (Wildman–Crippen MR) is 128 cm³/mol. The number of thiophene rings is 1. The molecule has 2 aliphatic rings. The van der Waals surface area contributed by atoms with E-state index in [4.69, 9.17) is 9.84 Å². The summed E-state index contributed by atoms with van der Waals surface area (Å²) in [5.74, 6) is -0.143. The second-order valence-corrected chi connectivity index (χ2v) is 10.0. The van der Waals surface area contributed by atoms with Crippen molar-refractivity contribution < 1.29 is 19.0 Å². The minimum absolute atomic E-state index is 0.0553. The van der Waals surface area contributed by atoms with Gasteiger partial charge in [0.2, 0.25) is 0 Å². The number of hydrogen-bond acceptors (Lipinski definition) is 5. The largest absolute Gasteiger partial charge is 0.396 e. The standard InChI is InChI=1S/C26H29FN2O3S/c27-24-19(6-13-30)2-1-3-22(24)17-28-10-8-26(9-11-28)18-29(12-14-32-26)25(31)21-4-5-23-20(16-21)7-15-33-23/h1-5,7,15-16,30H,6,8-14,17-18H2. The van der Waals surface area contributed by atoms with E-state index in [1.165, 1.54) is 4.70 Å². The number of nitrogens with zero attached hydrogens (tertiary/aromatic N) is 2. The lowest BCUT2D eigenvalue weighted by Gasteiger charge is -2.47. The van der Waals surface area contributed by atoms with Gasteiger partial charge in [-0.1, -0.05) is 18.2 Å². The molecule has 33 heavy (non-hydrogen) atoms. The van der Waals surface area contributed by atoms with Crippen LogP contribution in [0, 0.1) is 5.82 Å². The van der Waals surface area contributed by atoms with Gasteiger partial charge in [0, 0.05) is 48.6 Å². The molecule has 5 rings (SSSR count). The molecule has 7 heteroatoms. The van der Waals surface area contributed by atoms with Crippen LogP contribution in [-0.2, 0) is 17.7 Å². The van der Waals surface area contributed by atoms with Crippen LogP contribution in [0.1, 0.15) is 34.3 Å². The summed E-state index contributed by atoms with van der Waals surface area (Å²) in [6, 6.07) is 13.4. The Morgan fingerprint density at radius 1 is 1.12 bits per heavy atom. The van der Waals surface area contributed by atoms with Crippen molar-refractivity contribution in [2.24, 2.45) is 0 Å². The zero-order valence-electron chi connectivity index (χ0n) is 18.6. The number of amides is 1. The number of halogens is 1. The molecule has 3 heterocycles. The molecule has 5 nitrogen and oxygen atoms in total. The maximum absolute atomic E-state index is 14.7. The summed E-state index contributed by atoms with van der Waals surface area (Å²) in [6.07, 6.45) is 1.97. The molecule has 1 amide bonds. The van der Waals surface area contributed by atoms with Crippen molar-refractivity contribution in [1.82, 2.24) is 9.80 Å². The Morgan fingerprint density at radius 2 is 1.94 bits per heavy atom. The van der Waals surface area contributed by atoms with Crippen molar-refractivity contribution in [3.05, 3.63) is 70.4 Å². The molecule has 2 aliphatic heterocycles. The normalized spacial score (nSPS) is 18.8. The Balaban J connectivity index is 1.22. The van der Waals surface area contributed by atoms with Gasteiger partial charge >= 0.3 is 0 Å². The molecule has 1 spiro atoms. The smallest absolute Gasteiger partial charge is 0.254 e. The number of benzene rings is 2. The summed E-state index contributed by atoms with van der Waals surface area (Å²) in [7, 11) is 0. The molecule has 174 valence electrons. The van der Waals surface area contributed by atoms with Gasteiger partial charge in [-0.25, -0.2) is 4.39 Å². The zero-order chi connectivity index (χ0) is 22.8. The Kier molecular flexibility index (Phi) is 6.47. The van der Waals surface area contributed by atoms with Crippen LogP contribution in [0.25, 0.3) is 10.1 Å². The van der Waals surface area contributed by atoms with Crippen molar-refractivity contribution in [3.63, 3.8) is 0 Å². The SMILES string of the molecule is O=C(c1ccc2sccc2c1)N1CCOC2(CCN(Cc3cccc(CCO)c3F)CC2)C1. The fourth-order valence-electron chi connectivity index (χ4n) is 5.03. The Hall–Kier alpha value is -2.32. The average molecular weight is 469 g/mol. The topological polar surface area (TPSA) is 53.0 Å². The fourth-order valence-corrected chi connectivity index (χ4v) is 5.80. The molecule has 0 saturated carbocycles. The minimum Gasteiger partial charge on any atom is -0.396 e. The van der Waals surface area contributed by atoms with Gasteiger partial charge in [-0.15, -0.1) is 11.3 Å². The highest BCUT2D eigenvalue weighted by Crippen LogP contribution is 2.32. The van der Waals surface area contributed by atoms with Gasteiger partial charge in [-0.2, -0.15) is 0 Å². The molecule has 0 atom stereocenters. The van der Waals surface area contributed by atoms with Crippen molar-refractivity contribution >= 4 is 27.3 Å². The van der Waals surface area contributed by atoms with E-state index in [-0.39, 0.29) is 23.9 Å². The third-order valence-electron chi connectivity index (χ3n) is 6.94. The first-order chi connectivity index (χ1) is 16.1. The summed E-state index contributed by atoms with van der Waals surface area (Å²) in [4.78, 5) is 17.4. The lowest BCUT2D eigenvalue weighted by atomic mass is 9.88. The molecule has 2 saturated heterocycles. The van der Waals surface area contributed by atoms with E-state index in [9.17, 15) is 9.18 Å². The summed E-state index contributed by atoms with van der Waals surface area (Å²) in [5, 5.41) is 12.3. The van der Waals surface area contributed by atoms with Gasteiger partial charge < -0.3 is 14.7 Å². The van der Waals surface area contributed by atoms with E-state index < -0.39 is 0 Å². The van der Waals surface area contributed by atoms with Crippen molar-refractivity contribution in [3.8, 4) is 0 Å². The highest BCUT2D eigenvalue weighted by atomic mass is 32.1. The van der Waals surface area contributed by atoms with Gasteiger partial charge in [0.25, 0.3) is 5.91 Å². The number of piperidine rings is 1. The van der Waals surface area contributed by atoms with Crippen LogP contribution in [0.3, 0.4) is 0 Å². The number of morpholine rings is 1. The fraction of sp³-hybridized carbons (Fsp3) is 0.423. The number of carbonyl (C=O) groups excluding carboxylic acids is 1. The summed E-state index contributed by atoms with van der Waals surface area (Å²) < 4.78 is 22.2. The quantitative estimate of drug-likeness (QED) is 0.613. The van der Waals surface area contributed by atoms with Crippen LogP contribution in [0.15, 0.2) is 47.8 Å². The third kappa shape index (κ3) is 4.68. The number of likely N-dealkylation sites (tertiary alicyclic amines) is 1. The predicted octanol–water partition coefficient (Wildman–Crippen LogP) is 4.08. The number of rotatable bonds is 5. The third-order valence-corrected chi connectivity index (χ3v) is 7.83. The minimum atomic E-state index is -0.325. The first kappa shape index (κ1) is 22.5. The monoisotopic (exact) mass is 468 g/mol. The van der Waals surface area contributed by atoms with E-state index in [1.54, 1.807) is 17.4 Å². The molecule has 0 aliphatic carbocycles. The molecule has 0 radical (unpaired) electrons. The molecule has 0 bridgehead atoms. The number of fused-ring (bicyclic) bond motifs is 1. The molecule has 1 N–H and O–H groups in total. The molecule has 3 aromatic rings. The van der Waals surface area contributed by atoms with Crippen molar-refractivity contribution in [2.75, 3.05) is 39.4 Å². The van der Waals surface area contributed by atoms with Gasteiger partial charge in [-0.05, 0) is 59.9 Å². The second-order valence-electron chi connectivity index (χ2n) is 9.07. The van der Waals surface area contributed by atoms with Crippen molar-refractivity contribution in [1.29, 1.82) is 0 Å². The van der Waals surface area contributed by atoms with E-state index in [1.807, 2.05) is 40.6 Å². The van der Waals surface area contributed by atoms with Gasteiger partial charge in [-0.3, -0.25) is 9.69 Å². The number of aliphatic hydroxyl groups is 1. The molecular formula is C26H29FN2O3S. The molecule has 2 aromatic carbocycles. The number of carbonyl (C=O) groups is 1. The van der Waals surface area contributed by atoms with Crippen LogP contribution in [-0.4, -0.2) is 65.8 Å². The number of hydrogen-bond donors (Lipinski definition) is 1. The molecule has 0 unspecified atom stereocenters. The average Bonchev–Trinajstić information content (AvgIpc) is 3.31. The van der Waals surface area contributed by atoms with Gasteiger partial charge in [0.1, 0.15) is 5.82 Å². The Morgan fingerprint density at radius 3 is 2.76 bits per heavy atom. The van der Waals surface area contributed by atoms with Gasteiger partial charge in [0.05, 0.1) is 18.8 Å². The lowest BCUT2D eigenvalue weighted by Crippen LogP contribution is -2.57. The Bertz CT molecular complexity index is 1140. The molecular weight excluding hydrogens is 439 g/mol. The van der Waals surface area contributed by atoms with E-state index in [0.717, 1.165) is 36.9 Å². The van der Waals surface area contributed by atoms with E-state index in [2.05, 4.69) is 11.0 Å². The van der Waals surface area contributed by atoms with Crippen LogP contribution in [0.4, 0.5) is 4.39 Å². The zero-order valence-corrected chi connectivity index (χ0v) is 19.5. The van der Waals surface area contributed by atoms with E-state index >= 15 is 0 Å². The second kappa shape index (κ2) is 9.50. The first-order valence-electron chi connectivity index (χ1n) is 11.6. The maximum Gasteiger partial charge on any atom is 0.254 e. The number of ether oxygens (including phenoxy) is 1. The number of aliphatic hydroxyl groups excluding tert-OH is 1. The van der Waals surface area contributed by atoms with Crippen LogP contribution in [0.5, 0.6) is 0 Å². The summed E-state index contributed by atoms with van der Waals surface area (Å²) in [6.45, 7) is 3.84. The summed E-state index contributed by atoms with van der Waals surface area (Å²) >= 11 is 1.68. The highest BCUT2D eigenvalue weighted by molar-refractivity contribution is 7.17. The maximum atomic E-state index is 14.7. The Labute approximate surface area is 197 Å². The van der Waals surface area contributed by atoms with Gasteiger partial charge in [0.15, 0.2) is 0 Å². The highest BCUT2D eigenvalue weighted by Gasteiger charge is 2.41. The van der Waals surface area contributed by atoms with Crippen LogP contribution in [0.2, 0.25) is 0 Å². The first-order valence-corrected chi connectivity index (χ1v) is 12.4. The van der Waals surface area contributed by atoms with Crippen LogP contribution >= 0.6 is 11.3 Å². The summed E-state index contributed by atoms with van der Waals surface area (Å²) in [5.41, 5.74) is 1.64. The van der Waals surface area contributed by atoms with E-state index in [0.29, 0.717) is 43.8 Å². The molecule has 2 fully saturated rings.